The third-order valence-electron chi connectivity index (χ3n) is 1.73. The third-order valence-corrected chi connectivity index (χ3v) is 1.73. The fraction of sp³-hybridized carbons (Fsp3) is 0.400. The first-order chi connectivity index (χ1) is 6.54. The monoisotopic (exact) mass is 190 g/mol. The molecule has 4 nitrogen and oxygen atoms in total. The van der Waals surface area contributed by atoms with Crippen molar-refractivity contribution >= 4 is 11.6 Å². The topological polar surface area (TPSA) is 42.2 Å². The summed E-state index contributed by atoms with van der Waals surface area (Å²) in [5.74, 6) is 0.670. The van der Waals surface area contributed by atoms with E-state index in [4.69, 9.17) is 0 Å². The van der Waals surface area contributed by atoms with Gasteiger partial charge in [0, 0.05) is 11.7 Å². The van der Waals surface area contributed by atoms with Gasteiger partial charge in [-0.05, 0) is 32.9 Å². The van der Waals surface area contributed by atoms with Crippen LogP contribution in [0.1, 0.15) is 20.8 Å². The van der Waals surface area contributed by atoms with Gasteiger partial charge < -0.3 is 5.32 Å². The zero-order chi connectivity index (χ0) is 10.2. The van der Waals surface area contributed by atoms with Gasteiger partial charge in [-0.3, -0.25) is 0 Å². The van der Waals surface area contributed by atoms with E-state index < -0.39 is 0 Å². The molecular formula is C10H14N4. The molecule has 0 amide bonds. The van der Waals surface area contributed by atoms with Crippen molar-refractivity contribution in [1.29, 1.82) is 0 Å². The number of fused-ring (bicyclic) bond motifs is 1. The maximum absolute atomic E-state index is 4.34. The molecule has 74 valence electrons. The molecule has 0 saturated heterocycles. The Kier molecular flexibility index (Phi) is 1.91. The smallest absolute Gasteiger partial charge is 0.243 e. The zero-order valence-corrected chi connectivity index (χ0v) is 8.65. The molecule has 0 spiro atoms. The van der Waals surface area contributed by atoms with Crippen molar-refractivity contribution in [1.82, 2.24) is 14.6 Å². The number of aromatic nitrogens is 3. The number of anilines is 1. The van der Waals surface area contributed by atoms with Crippen LogP contribution in [0.3, 0.4) is 0 Å². The first-order valence-corrected chi connectivity index (χ1v) is 4.64. The van der Waals surface area contributed by atoms with E-state index in [1.54, 1.807) is 4.52 Å². The molecule has 0 fully saturated rings. The van der Waals surface area contributed by atoms with Crippen LogP contribution in [-0.4, -0.2) is 20.1 Å². The van der Waals surface area contributed by atoms with Gasteiger partial charge in [-0.25, -0.2) is 4.52 Å². The molecule has 2 aromatic heterocycles. The number of hydrogen-bond donors (Lipinski definition) is 1. The van der Waals surface area contributed by atoms with Crippen molar-refractivity contribution in [3.05, 3.63) is 24.4 Å². The Labute approximate surface area is 83.0 Å². The minimum absolute atomic E-state index is 0.00899. The molecule has 14 heavy (non-hydrogen) atoms. The summed E-state index contributed by atoms with van der Waals surface area (Å²) in [6.45, 7) is 6.25. The standard InChI is InChI=1S/C10H14N4/c1-10(2,3)12-9-11-8-6-4-5-7-14(8)13-9/h4-7H,1-3H3,(H,12,13). The van der Waals surface area contributed by atoms with Gasteiger partial charge in [-0.1, -0.05) is 6.07 Å². The molecule has 0 unspecified atom stereocenters. The van der Waals surface area contributed by atoms with Crippen molar-refractivity contribution < 1.29 is 0 Å². The summed E-state index contributed by atoms with van der Waals surface area (Å²) in [6, 6.07) is 5.81. The average molecular weight is 190 g/mol. The second-order valence-electron chi connectivity index (χ2n) is 4.31. The highest BCUT2D eigenvalue weighted by Gasteiger charge is 2.12. The molecule has 0 aliphatic heterocycles. The van der Waals surface area contributed by atoms with E-state index >= 15 is 0 Å². The Bertz CT molecular complexity index is 406. The van der Waals surface area contributed by atoms with Crippen molar-refractivity contribution in [3.63, 3.8) is 0 Å². The summed E-state index contributed by atoms with van der Waals surface area (Å²) in [5, 5.41) is 7.52. The Balaban J connectivity index is 2.36. The van der Waals surface area contributed by atoms with Crippen LogP contribution in [-0.2, 0) is 0 Å². The molecule has 2 rings (SSSR count). The van der Waals surface area contributed by atoms with Gasteiger partial charge in [0.1, 0.15) is 0 Å². The fourth-order valence-electron chi connectivity index (χ4n) is 1.22. The Morgan fingerprint density at radius 1 is 1.29 bits per heavy atom. The summed E-state index contributed by atoms with van der Waals surface area (Å²) in [4.78, 5) is 4.34. The number of pyridine rings is 1. The van der Waals surface area contributed by atoms with Gasteiger partial charge in [-0.2, -0.15) is 4.98 Å². The van der Waals surface area contributed by atoms with Gasteiger partial charge in [0.15, 0.2) is 5.65 Å². The quantitative estimate of drug-likeness (QED) is 0.747. The van der Waals surface area contributed by atoms with Crippen LogP contribution in [0.2, 0.25) is 0 Å². The molecule has 0 atom stereocenters. The van der Waals surface area contributed by atoms with Crippen molar-refractivity contribution in [2.75, 3.05) is 5.32 Å². The molecule has 2 aromatic rings. The predicted molar refractivity (Wildman–Crippen MR) is 56.4 cm³/mol. The van der Waals surface area contributed by atoms with E-state index in [1.807, 2.05) is 24.4 Å². The van der Waals surface area contributed by atoms with Gasteiger partial charge in [-0.15, -0.1) is 5.10 Å². The third kappa shape index (κ3) is 1.84. The minimum Gasteiger partial charge on any atom is -0.348 e. The van der Waals surface area contributed by atoms with E-state index in [1.165, 1.54) is 0 Å². The van der Waals surface area contributed by atoms with Crippen LogP contribution < -0.4 is 5.32 Å². The first-order valence-electron chi connectivity index (χ1n) is 4.64. The lowest BCUT2D eigenvalue weighted by Crippen LogP contribution is -2.26. The average Bonchev–Trinajstić information content (AvgIpc) is 2.42. The molecule has 0 radical (unpaired) electrons. The highest BCUT2D eigenvalue weighted by atomic mass is 15.3. The van der Waals surface area contributed by atoms with E-state index in [0.717, 1.165) is 5.65 Å². The van der Waals surface area contributed by atoms with Gasteiger partial charge in [0.05, 0.1) is 0 Å². The summed E-state index contributed by atoms with van der Waals surface area (Å²) >= 11 is 0. The normalized spacial score (nSPS) is 11.9. The van der Waals surface area contributed by atoms with Crippen LogP contribution in [0.5, 0.6) is 0 Å². The van der Waals surface area contributed by atoms with Crippen LogP contribution in [0.25, 0.3) is 5.65 Å². The van der Waals surface area contributed by atoms with E-state index in [2.05, 4.69) is 36.2 Å². The summed E-state index contributed by atoms with van der Waals surface area (Å²) in [6.07, 6.45) is 1.89. The molecule has 0 saturated carbocycles. The molecule has 1 N–H and O–H groups in total. The van der Waals surface area contributed by atoms with Gasteiger partial charge in [0.25, 0.3) is 0 Å². The van der Waals surface area contributed by atoms with E-state index in [9.17, 15) is 0 Å². The minimum atomic E-state index is -0.00899. The SMILES string of the molecule is CC(C)(C)Nc1nc2ccccn2n1. The van der Waals surface area contributed by atoms with Crippen molar-refractivity contribution in [2.24, 2.45) is 0 Å². The number of nitrogens with zero attached hydrogens (tertiary/aromatic N) is 3. The molecule has 0 aliphatic carbocycles. The highest BCUT2D eigenvalue weighted by molar-refractivity contribution is 5.43. The Morgan fingerprint density at radius 3 is 2.71 bits per heavy atom. The molecule has 0 aromatic carbocycles. The van der Waals surface area contributed by atoms with Crippen molar-refractivity contribution in [2.45, 2.75) is 26.3 Å². The molecule has 0 bridgehead atoms. The Hall–Kier alpha value is -1.58. The zero-order valence-electron chi connectivity index (χ0n) is 8.65. The largest absolute Gasteiger partial charge is 0.348 e. The first kappa shape index (κ1) is 8.99. The maximum atomic E-state index is 4.34. The van der Waals surface area contributed by atoms with Crippen molar-refractivity contribution in [3.8, 4) is 0 Å². The second-order valence-corrected chi connectivity index (χ2v) is 4.31. The summed E-state index contributed by atoms with van der Waals surface area (Å²) < 4.78 is 1.76. The van der Waals surface area contributed by atoms with E-state index in [-0.39, 0.29) is 5.54 Å². The number of rotatable bonds is 1. The van der Waals surface area contributed by atoms with Crippen LogP contribution >= 0.6 is 0 Å². The van der Waals surface area contributed by atoms with Gasteiger partial charge >= 0.3 is 0 Å². The van der Waals surface area contributed by atoms with Crippen LogP contribution in [0.4, 0.5) is 5.95 Å². The maximum Gasteiger partial charge on any atom is 0.243 e. The fourth-order valence-corrected chi connectivity index (χ4v) is 1.22. The van der Waals surface area contributed by atoms with Crippen LogP contribution in [0.15, 0.2) is 24.4 Å². The van der Waals surface area contributed by atoms with Gasteiger partial charge in [0.2, 0.25) is 5.95 Å². The number of nitrogens with one attached hydrogen (secondary N) is 1. The highest BCUT2D eigenvalue weighted by Crippen LogP contribution is 2.10. The number of hydrogen-bond acceptors (Lipinski definition) is 3. The molecule has 4 heteroatoms. The Morgan fingerprint density at radius 2 is 2.07 bits per heavy atom. The molecular weight excluding hydrogens is 176 g/mol. The lowest BCUT2D eigenvalue weighted by Gasteiger charge is -2.18. The predicted octanol–water partition coefficient (Wildman–Crippen LogP) is 1.94. The second kappa shape index (κ2) is 2.97. The molecule has 2 heterocycles. The van der Waals surface area contributed by atoms with Crippen LogP contribution in [0, 0.1) is 0 Å². The lowest BCUT2D eigenvalue weighted by atomic mass is 10.1. The van der Waals surface area contributed by atoms with E-state index in [0.29, 0.717) is 5.95 Å². The summed E-state index contributed by atoms with van der Waals surface area (Å²) in [7, 11) is 0. The molecule has 0 aliphatic rings. The lowest BCUT2D eigenvalue weighted by molar-refractivity contribution is 0.626. The summed E-state index contributed by atoms with van der Waals surface area (Å²) in [5.41, 5.74) is 0.851.